The summed E-state index contributed by atoms with van der Waals surface area (Å²) in [4.78, 5) is 0. The molecule has 0 radical (unpaired) electrons. The molecule has 3 aliphatic rings. The Kier molecular flexibility index (Phi) is 2.96. The Labute approximate surface area is 105 Å². The van der Waals surface area contributed by atoms with Gasteiger partial charge >= 0.3 is 0 Å². The van der Waals surface area contributed by atoms with E-state index < -0.39 is 0 Å². The van der Waals surface area contributed by atoms with Crippen molar-refractivity contribution in [2.75, 3.05) is 19.6 Å². The molecule has 0 aromatic rings. The highest BCUT2D eigenvalue weighted by Gasteiger charge is 2.49. The first-order valence-electron chi connectivity index (χ1n) is 7.29. The Morgan fingerprint density at radius 2 is 1.82 bits per heavy atom. The molecule has 2 aliphatic heterocycles. The van der Waals surface area contributed by atoms with Gasteiger partial charge in [-0.2, -0.15) is 0 Å². The molecule has 3 fully saturated rings. The first-order valence-corrected chi connectivity index (χ1v) is 7.29. The zero-order chi connectivity index (χ0) is 11.9. The van der Waals surface area contributed by atoms with Crippen LogP contribution in [0.2, 0.25) is 0 Å². The Hall–Kier alpha value is -0.120. The lowest BCUT2D eigenvalue weighted by atomic mass is 9.76. The molecule has 98 valence electrons. The number of hydrogen-bond acceptors (Lipinski definition) is 3. The monoisotopic (exact) mass is 238 g/mol. The molecule has 2 heterocycles. The fourth-order valence-corrected chi connectivity index (χ4v) is 3.72. The van der Waals surface area contributed by atoms with Gasteiger partial charge in [-0.05, 0) is 43.9 Å². The predicted molar refractivity (Wildman–Crippen MR) is 68.8 cm³/mol. The van der Waals surface area contributed by atoms with E-state index in [9.17, 15) is 0 Å². The first-order chi connectivity index (χ1) is 8.13. The van der Waals surface area contributed by atoms with Gasteiger partial charge in [-0.25, -0.2) is 0 Å². The Morgan fingerprint density at radius 3 is 2.35 bits per heavy atom. The molecule has 3 nitrogen and oxygen atoms in total. The molecular weight excluding hydrogens is 212 g/mol. The van der Waals surface area contributed by atoms with E-state index in [1.54, 1.807) is 0 Å². The van der Waals surface area contributed by atoms with Crippen molar-refractivity contribution in [3.63, 3.8) is 0 Å². The lowest BCUT2D eigenvalue weighted by Gasteiger charge is -2.55. The van der Waals surface area contributed by atoms with Gasteiger partial charge in [0.1, 0.15) is 5.72 Å². The number of nitrogens with one attached hydrogen (secondary N) is 2. The fraction of sp³-hybridized carbons (Fsp3) is 1.00. The van der Waals surface area contributed by atoms with Crippen molar-refractivity contribution in [1.29, 1.82) is 0 Å². The van der Waals surface area contributed by atoms with Gasteiger partial charge in [0.05, 0.1) is 5.60 Å². The van der Waals surface area contributed by atoms with Crippen LogP contribution in [-0.2, 0) is 4.74 Å². The minimum atomic E-state index is 0.0196. The Bertz CT molecular complexity index is 278. The molecule has 2 N–H and O–H groups in total. The fourth-order valence-electron chi connectivity index (χ4n) is 3.72. The van der Waals surface area contributed by atoms with Crippen LogP contribution in [0, 0.1) is 11.8 Å². The van der Waals surface area contributed by atoms with Gasteiger partial charge in [0, 0.05) is 19.6 Å². The third-order valence-electron chi connectivity index (χ3n) is 5.11. The van der Waals surface area contributed by atoms with Crippen molar-refractivity contribution in [3.05, 3.63) is 0 Å². The maximum Gasteiger partial charge on any atom is 0.120 e. The van der Waals surface area contributed by atoms with E-state index in [2.05, 4.69) is 24.5 Å². The number of rotatable bonds is 1. The number of ether oxygens (including phenoxy) is 1. The minimum Gasteiger partial charge on any atom is -0.351 e. The highest BCUT2D eigenvalue weighted by molar-refractivity contribution is 5.02. The minimum absolute atomic E-state index is 0.0196. The van der Waals surface area contributed by atoms with Gasteiger partial charge in [-0.15, -0.1) is 0 Å². The van der Waals surface area contributed by atoms with Crippen LogP contribution in [0.25, 0.3) is 0 Å². The van der Waals surface area contributed by atoms with Crippen LogP contribution in [0.5, 0.6) is 0 Å². The predicted octanol–water partition coefficient (Wildman–Crippen LogP) is 1.88. The van der Waals surface area contributed by atoms with Crippen LogP contribution in [0.15, 0.2) is 0 Å². The van der Waals surface area contributed by atoms with Gasteiger partial charge in [-0.1, -0.05) is 13.8 Å². The summed E-state index contributed by atoms with van der Waals surface area (Å²) in [6.45, 7) is 7.96. The second-order valence-electron chi connectivity index (χ2n) is 6.64. The molecule has 2 saturated heterocycles. The van der Waals surface area contributed by atoms with E-state index in [-0.39, 0.29) is 11.3 Å². The summed E-state index contributed by atoms with van der Waals surface area (Å²) in [7, 11) is 0. The summed E-state index contributed by atoms with van der Waals surface area (Å²) in [6, 6.07) is 0. The van der Waals surface area contributed by atoms with E-state index >= 15 is 0 Å². The van der Waals surface area contributed by atoms with Crippen LogP contribution in [0.1, 0.15) is 46.0 Å². The Morgan fingerprint density at radius 1 is 1.12 bits per heavy atom. The van der Waals surface area contributed by atoms with Crippen LogP contribution < -0.4 is 10.6 Å². The summed E-state index contributed by atoms with van der Waals surface area (Å²) in [5.74, 6) is 1.73. The Balaban J connectivity index is 1.63. The average Bonchev–Trinajstić information content (AvgIpc) is 2.28. The molecule has 1 saturated carbocycles. The standard InChI is InChI=1S/C14H26N2O/c1-11(2)12-3-5-14(6-4-12)16-8-7-13(17-14)9-15-10-13/h11-12,15-16H,3-10H2,1-2H3. The van der Waals surface area contributed by atoms with Crippen molar-refractivity contribution < 1.29 is 4.74 Å². The SMILES string of the molecule is CC(C)C1CCC2(CC1)NCCC1(CNC1)O2. The van der Waals surface area contributed by atoms with Crippen LogP contribution >= 0.6 is 0 Å². The molecule has 0 unspecified atom stereocenters. The van der Waals surface area contributed by atoms with E-state index in [1.807, 2.05) is 0 Å². The van der Waals surface area contributed by atoms with Gasteiger partial charge < -0.3 is 10.1 Å². The maximum atomic E-state index is 6.49. The van der Waals surface area contributed by atoms with Gasteiger partial charge in [-0.3, -0.25) is 5.32 Å². The molecule has 2 spiro atoms. The van der Waals surface area contributed by atoms with Crippen LogP contribution in [0.4, 0.5) is 0 Å². The highest BCUT2D eigenvalue weighted by atomic mass is 16.5. The average molecular weight is 238 g/mol. The summed E-state index contributed by atoms with van der Waals surface area (Å²) < 4.78 is 6.49. The summed E-state index contributed by atoms with van der Waals surface area (Å²) in [5.41, 5.74) is 0.196. The lowest BCUT2D eigenvalue weighted by molar-refractivity contribution is -0.233. The molecule has 3 heteroatoms. The van der Waals surface area contributed by atoms with E-state index in [1.165, 1.54) is 32.1 Å². The van der Waals surface area contributed by atoms with E-state index in [4.69, 9.17) is 4.74 Å². The lowest BCUT2D eigenvalue weighted by Crippen LogP contribution is -2.71. The summed E-state index contributed by atoms with van der Waals surface area (Å²) >= 11 is 0. The van der Waals surface area contributed by atoms with Crippen molar-refractivity contribution in [1.82, 2.24) is 10.6 Å². The van der Waals surface area contributed by atoms with Crippen molar-refractivity contribution >= 4 is 0 Å². The van der Waals surface area contributed by atoms with E-state index in [0.29, 0.717) is 0 Å². The summed E-state index contributed by atoms with van der Waals surface area (Å²) in [5, 5.41) is 7.04. The van der Waals surface area contributed by atoms with Gasteiger partial charge in [0.2, 0.25) is 0 Å². The quantitative estimate of drug-likeness (QED) is 0.732. The summed E-state index contributed by atoms with van der Waals surface area (Å²) in [6.07, 6.45) is 6.24. The highest BCUT2D eigenvalue weighted by Crippen LogP contribution is 2.42. The third-order valence-corrected chi connectivity index (χ3v) is 5.11. The van der Waals surface area contributed by atoms with Crippen molar-refractivity contribution in [3.8, 4) is 0 Å². The molecule has 3 rings (SSSR count). The van der Waals surface area contributed by atoms with Crippen LogP contribution in [-0.4, -0.2) is 31.0 Å². The van der Waals surface area contributed by atoms with E-state index in [0.717, 1.165) is 31.5 Å². The smallest absolute Gasteiger partial charge is 0.120 e. The molecule has 0 bridgehead atoms. The maximum absolute atomic E-state index is 6.49. The molecule has 0 aromatic heterocycles. The second-order valence-corrected chi connectivity index (χ2v) is 6.64. The number of hydrogen-bond donors (Lipinski definition) is 2. The zero-order valence-electron chi connectivity index (χ0n) is 11.2. The van der Waals surface area contributed by atoms with Crippen molar-refractivity contribution in [2.45, 2.75) is 57.3 Å². The molecule has 17 heavy (non-hydrogen) atoms. The van der Waals surface area contributed by atoms with Gasteiger partial charge in [0.25, 0.3) is 0 Å². The third kappa shape index (κ3) is 2.13. The topological polar surface area (TPSA) is 33.3 Å². The normalized spacial score (nSPS) is 40.8. The molecular formula is C14H26N2O. The molecule has 0 amide bonds. The molecule has 0 aromatic carbocycles. The molecule has 0 atom stereocenters. The van der Waals surface area contributed by atoms with Crippen LogP contribution in [0.3, 0.4) is 0 Å². The van der Waals surface area contributed by atoms with Gasteiger partial charge in [0.15, 0.2) is 0 Å². The second kappa shape index (κ2) is 4.22. The molecule has 1 aliphatic carbocycles. The first kappa shape index (κ1) is 11.9. The van der Waals surface area contributed by atoms with Crippen molar-refractivity contribution in [2.24, 2.45) is 11.8 Å². The zero-order valence-corrected chi connectivity index (χ0v) is 11.2. The largest absolute Gasteiger partial charge is 0.351 e.